The van der Waals surface area contributed by atoms with Crippen molar-refractivity contribution in [2.75, 3.05) is 6.61 Å². The molecular formula is C13H17NO2. The summed E-state index contributed by atoms with van der Waals surface area (Å²) in [5, 5.41) is 0. The Morgan fingerprint density at radius 1 is 1.50 bits per heavy atom. The standard InChI is InChI=1S/C13H17NO2/c1-3-16-12(15)13(7-4-8-13)11-6-5-10(2)14-9-11/h5-6,9H,3-4,7-8H2,1-2H3. The minimum absolute atomic E-state index is 0.0908. The van der Waals surface area contributed by atoms with E-state index in [-0.39, 0.29) is 5.97 Å². The Morgan fingerprint density at radius 3 is 2.69 bits per heavy atom. The highest BCUT2D eigenvalue weighted by Gasteiger charge is 2.47. The molecule has 0 saturated heterocycles. The third kappa shape index (κ3) is 1.70. The Balaban J connectivity index is 2.27. The van der Waals surface area contributed by atoms with Crippen LogP contribution < -0.4 is 0 Å². The summed E-state index contributed by atoms with van der Waals surface area (Å²) < 4.78 is 5.17. The molecule has 1 fully saturated rings. The van der Waals surface area contributed by atoms with Gasteiger partial charge in [-0.05, 0) is 38.3 Å². The molecule has 0 aliphatic heterocycles. The molecule has 0 aromatic carbocycles. The van der Waals surface area contributed by atoms with Gasteiger partial charge in [0, 0.05) is 11.9 Å². The zero-order valence-electron chi connectivity index (χ0n) is 9.82. The molecule has 1 aromatic heterocycles. The van der Waals surface area contributed by atoms with Crippen LogP contribution in [-0.2, 0) is 14.9 Å². The first-order valence-electron chi connectivity index (χ1n) is 5.79. The number of nitrogens with zero attached hydrogens (tertiary/aromatic N) is 1. The highest BCUT2D eigenvalue weighted by atomic mass is 16.5. The summed E-state index contributed by atoms with van der Waals surface area (Å²) in [5.41, 5.74) is 1.57. The second-order valence-electron chi connectivity index (χ2n) is 4.34. The van der Waals surface area contributed by atoms with Crippen LogP contribution in [-0.4, -0.2) is 17.6 Å². The van der Waals surface area contributed by atoms with Crippen LogP contribution in [0.1, 0.15) is 37.4 Å². The molecular weight excluding hydrogens is 202 g/mol. The zero-order chi connectivity index (χ0) is 11.6. The molecule has 0 spiro atoms. The second kappa shape index (κ2) is 4.24. The smallest absolute Gasteiger partial charge is 0.316 e. The molecule has 1 aliphatic rings. The Morgan fingerprint density at radius 2 is 2.25 bits per heavy atom. The fourth-order valence-electron chi connectivity index (χ4n) is 2.16. The van der Waals surface area contributed by atoms with Crippen molar-refractivity contribution in [1.82, 2.24) is 4.98 Å². The number of esters is 1. The average molecular weight is 219 g/mol. The van der Waals surface area contributed by atoms with E-state index in [1.807, 2.05) is 32.2 Å². The number of hydrogen-bond donors (Lipinski definition) is 0. The lowest BCUT2D eigenvalue weighted by atomic mass is 9.65. The van der Waals surface area contributed by atoms with Crippen molar-refractivity contribution >= 4 is 5.97 Å². The number of aryl methyl sites for hydroxylation is 1. The van der Waals surface area contributed by atoms with Crippen molar-refractivity contribution in [3.05, 3.63) is 29.6 Å². The molecule has 86 valence electrons. The number of carbonyl (C=O) groups is 1. The SMILES string of the molecule is CCOC(=O)C1(c2ccc(C)nc2)CCC1. The Bertz CT molecular complexity index is 379. The third-order valence-corrected chi connectivity index (χ3v) is 3.34. The molecule has 1 saturated carbocycles. The van der Waals surface area contributed by atoms with Crippen molar-refractivity contribution in [1.29, 1.82) is 0 Å². The molecule has 1 heterocycles. The van der Waals surface area contributed by atoms with Gasteiger partial charge in [0.25, 0.3) is 0 Å². The van der Waals surface area contributed by atoms with Gasteiger partial charge in [-0.3, -0.25) is 9.78 Å². The lowest BCUT2D eigenvalue weighted by molar-refractivity contribution is -0.153. The van der Waals surface area contributed by atoms with Crippen LogP contribution in [0, 0.1) is 6.92 Å². The lowest BCUT2D eigenvalue weighted by Crippen LogP contribution is -2.43. The molecule has 0 atom stereocenters. The molecule has 16 heavy (non-hydrogen) atoms. The maximum atomic E-state index is 12.0. The molecule has 0 unspecified atom stereocenters. The summed E-state index contributed by atoms with van der Waals surface area (Å²) in [6, 6.07) is 3.95. The van der Waals surface area contributed by atoms with E-state index in [1.54, 1.807) is 0 Å². The Kier molecular flexibility index (Phi) is 2.95. The molecule has 3 nitrogen and oxygen atoms in total. The van der Waals surface area contributed by atoms with E-state index in [0.29, 0.717) is 6.61 Å². The van der Waals surface area contributed by atoms with Gasteiger partial charge >= 0.3 is 5.97 Å². The highest BCUT2D eigenvalue weighted by Crippen LogP contribution is 2.44. The molecule has 1 aromatic rings. The summed E-state index contributed by atoms with van der Waals surface area (Å²) in [5.74, 6) is -0.0908. The topological polar surface area (TPSA) is 39.2 Å². The first-order valence-corrected chi connectivity index (χ1v) is 5.79. The molecule has 3 heteroatoms. The Hall–Kier alpha value is -1.38. The summed E-state index contributed by atoms with van der Waals surface area (Å²) in [4.78, 5) is 16.2. The largest absolute Gasteiger partial charge is 0.465 e. The molecule has 0 radical (unpaired) electrons. The third-order valence-electron chi connectivity index (χ3n) is 3.34. The van der Waals surface area contributed by atoms with Crippen LogP contribution in [0.4, 0.5) is 0 Å². The van der Waals surface area contributed by atoms with Crippen molar-refractivity contribution in [3.8, 4) is 0 Å². The van der Waals surface area contributed by atoms with E-state index >= 15 is 0 Å². The number of carbonyl (C=O) groups excluding carboxylic acids is 1. The maximum Gasteiger partial charge on any atom is 0.316 e. The number of ether oxygens (including phenoxy) is 1. The molecule has 1 aliphatic carbocycles. The van der Waals surface area contributed by atoms with E-state index < -0.39 is 5.41 Å². The molecule has 0 N–H and O–H groups in total. The number of aromatic nitrogens is 1. The normalized spacial score (nSPS) is 17.6. The van der Waals surface area contributed by atoms with Crippen molar-refractivity contribution < 1.29 is 9.53 Å². The van der Waals surface area contributed by atoms with Gasteiger partial charge in [-0.2, -0.15) is 0 Å². The minimum atomic E-state index is -0.406. The first kappa shape index (κ1) is 11.1. The van der Waals surface area contributed by atoms with Gasteiger partial charge in [0.1, 0.15) is 0 Å². The Labute approximate surface area is 95.8 Å². The summed E-state index contributed by atoms with van der Waals surface area (Å²) in [7, 11) is 0. The van der Waals surface area contributed by atoms with Crippen LogP contribution in [0.25, 0.3) is 0 Å². The summed E-state index contributed by atoms with van der Waals surface area (Å²) >= 11 is 0. The highest BCUT2D eigenvalue weighted by molar-refractivity contribution is 5.84. The first-order chi connectivity index (χ1) is 7.69. The maximum absolute atomic E-state index is 12.0. The van der Waals surface area contributed by atoms with Crippen LogP contribution in [0.2, 0.25) is 0 Å². The molecule has 2 rings (SSSR count). The fraction of sp³-hybridized carbons (Fsp3) is 0.538. The summed E-state index contributed by atoms with van der Waals surface area (Å²) in [6.07, 6.45) is 4.67. The second-order valence-corrected chi connectivity index (χ2v) is 4.34. The van der Waals surface area contributed by atoms with E-state index in [1.165, 1.54) is 0 Å². The van der Waals surface area contributed by atoms with E-state index in [4.69, 9.17) is 4.74 Å². The van der Waals surface area contributed by atoms with Gasteiger partial charge < -0.3 is 4.74 Å². The van der Waals surface area contributed by atoms with Crippen LogP contribution in [0.3, 0.4) is 0 Å². The quantitative estimate of drug-likeness (QED) is 0.733. The fourth-order valence-corrected chi connectivity index (χ4v) is 2.16. The van der Waals surface area contributed by atoms with Gasteiger partial charge in [0.2, 0.25) is 0 Å². The van der Waals surface area contributed by atoms with Gasteiger partial charge in [-0.1, -0.05) is 12.5 Å². The average Bonchev–Trinajstić information content (AvgIpc) is 2.19. The van der Waals surface area contributed by atoms with Crippen LogP contribution in [0.15, 0.2) is 18.3 Å². The van der Waals surface area contributed by atoms with Crippen molar-refractivity contribution in [3.63, 3.8) is 0 Å². The van der Waals surface area contributed by atoms with E-state index in [0.717, 1.165) is 30.5 Å². The van der Waals surface area contributed by atoms with Gasteiger partial charge in [-0.25, -0.2) is 0 Å². The molecule has 0 bridgehead atoms. The van der Waals surface area contributed by atoms with Crippen LogP contribution >= 0.6 is 0 Å². The minimum Gasteiger partial charge on any atom is -0.465 e. The number of pyridine rings is 1. The lowest BCUT2D eigenvalue weighted by Gasteiger charge is -2.39. The molecule has 0 amide bonds. The monoisotopic (exact) mass is 219 g/mol. The number of rotatable bonds is 3. The van der Waals surface area contributed by atoms with Crippen molar-refractivity contribution in [2.24, 2.45) is 0 Å². The van der Waals surface area contributed by atoms with Crippen LogP contribution in [0.5, 0.6) is 0 Å². The van der Waals surface area contributed by atoms with Gasteiger partial charge in [0.05, 0.1) is 12.0 Å². The number of hydrogen-bond acceptors (Lipinski definition) is 3. The van der Waals surface area contributed by atoms with E-state index in [2.05, 4.69) is 4.98 Å². The van der Waals surface area contributed by atoms with E-state index in [9.17, 15) is 4.79 Å². The summed E-state index contributed by atoms with van der Waals surface area (Å²) in [6.45, 7) is 4.24. The predicted molar refractivity (Wildman–Crippen MR) is 61.1 cm³/mol. The van der Waals surface area contributed by atoms with Crippen molar-refractivity contribution in [2.45, 2.75) is 38.5 Å². The van der Waals surface area contributed by atoms with Gasteiger partial charge in [-0.15, -0.1) is 0 Å². The zero-order valence-corrected chi connectivity index (χ0v) is 9.82. The predicted octanol–water partition coefficient (Wildman–Crippen LogP) is 2.37. The van der Waals surface area contributed by atoms with Gasteiger partial charge in [0.15, 0.2) is 0 Å².